The van der Waals surface area contributed by atoms with Crippen molar-refractivity contribution in [3.05, 3.63) is 45.4 Å². The van der Waals surface area contributed by atoms with E-state index < -0.39 is 35.6 Å². The largest absolute Gasteiger partial charge is 0.506 e. The summed E-state index contributed by atoms with van der Waals surface area (Å²) in [6.45, 7) is 1.42. The predicted octanol–water partition coefficient (Wildman–Crippen LogP) is 5.22. The smallest absolute Gasteiger partial charge is 0.499 e. The standard InChI is InChI=1S/C18H11ClF5NO5S/c1-7-9(4-14(27)28)10-3-13(26)11(19)5-12(10)25(7)16(29)8-2-15(31-6-8)30-18(23,24)17(20,21)22/h2-3,5-6,26H,4H2,1H3,(H,27,28). The Hall–Kier alpha value is -2.86. The van der Waals surface area contributed by atoms with Crippen molar-refractivity contribution in [2.45, 2.75) is 25.6 Å². The lowest BCUT2D eigenvalue weighted by atomic mass is 10.1. The molecule has 2 N–H and O–H groups in total. The maximum Gasteiger partial charge on any atom is 0.499 e. The van der Waals surface area contributed by atoms with Gasteiger partial charge in [0.1, 0.15) is 5.75 Å². The number of carboxylic acids is 1. The van der Waals surface area contributed by atoms with Crippen LogP contribution in [0, 0.1) is 6.92 Å². The summed E-state index contributed by atoms with van der Waals surface area (Å²) >= 11 is 6.25. The Bertz CT molecular complexity index is 1200. The van der Waals surface area contributed by atoms with E-state index in [1.165, 1.54) is 19.1 Å². The molecule has 0 fully saturated rings. The minimum absolute atomic E-state index is 0.121. The second kappa shape index (κ2) is 7.68. The summed E-state index contributed by atoms with van der Waals surface area (Å²) in [5.41, 5.74) is 0.205. The number of carboxylic acid groups (broad SMARTS) is 1. The van der Waals surface area contributed by atoms with Crippen LogP contribution < -0.4 is 4.74 Å². The number of alkyl halides is 5. The van der Waals surface area contributed by atoms with Gasteiger partial charge in [0.15, 0.2) is 5.06 Å². The first-order chi connectivity index (χ1) is 14.2. The molecule has 0 radical (unpaired) electrons. The van der Waals surface area contributed by atoms with Crippen LogP contribution in [0.5, 0.6) is 10.8 Å². The number of phenolic OH excluding ortho intramolecular Hbond substituents is 1. The van der Waals surface area contributed by atoms with Crippen LogP contribution in [0.1, 0.15) is 21.6 Å². The van der Waals surface area contributed by atoms with Crippen molar-refractivity contribution in [3.8, 4) is 10.8 Å². The molecule has 0 amide bonds. The van der Waals surface area contributed by atoms with Gasteiger partial charge < -0.3 is 14.9 Å². The fourth-order valence-corrected chi connectivity index (χ4v) is 3.84. The molecule has 31 heavy (non-hydrogen) atoms. The highest BCUT2D eigenvalue weighted by molar-refractivity contribution is 7.12. The van der Waals surface area contributed by atoms with Gasteiger partial charge in [-0.1, -0.05) is 11.6 Å². The van der Waals surface area contributed by atoms with E-state index in [1.54, 1.807) is 0 Å². The lowest BCUT2D eigenvalue weighted by molar-refractivity contribution is -0.359. The van der Waals surface area contributed by atoms with Crippen LogP contribution in [0.15, 0.2) is 23.6 Å². The van der Waals surface area contributed by atoms with E-state index >= 15 is 0 Å². The second-order valence-electron chi connectivity index (χ2n) is 6.37. The van der Waals surface area contributed by atoms with Gasteiger partial charge in [0.2, 0.25) is 0 Å². The van der Waals surface area contributed by atoms with Crippen molar-refractivity contribution >= 4 is 45.7 Å². The lowest BCUT2D eigenvalue weighted by Crippen LogP contribution is -2.41. The van der Waals surface area contributed by atoms with E-state index in [9.17, 15) is 36.6 Å². The number of thiophene rings is 1. The molecule has 0 aliphatic rings. The Morgan fingerprint density at radius 3 is 2.42 bits per heavy atom. The molecule has 13 heteroatoms. The number of benzene rings is 1. The third kappa shape index (κ3) is 4.17. The number of nitrogens with zero attached hydrogens (tertiary/aromatic N) is 1. The summed E-state index contributed by atoms with van der Waals surface area (Å²) in [5, 5.41) is 19.3. The molecular weight excluding hydrogens is 473 g/mol. The number of phenols is 1. The monoisotopic (exact) mass is 483 g/mol. The van der Waals surface area contributed by atoms with Gasteiger partial charge in [0.05, 0.1) is 22.5 Å². The van der Waals surface area contributed by atoms with Crippen molar-refractivity contribution in [2.75, 3.05) is 0 Å². The van der Waals surface area contributed by atoms with Gasteiger partial charge >= 0.3 is 18.3 Å². The summed E-state index contributed by atoms with van der Waals surface area (Å²) in [6.07, 6.45) is -11.9. The van der Waals surface area contributed by atoms with Crippen molar-refractivity contribution in [3.63, 3.8) is 0 Å². The van der Waals surface area contributed by atoms with Gasteiger partial charge in [0.25, 0.3) is 5.91 Å². The summed E-state index contributed by atoms with van der Waals surface area (Å²) < 4.78 is 67.9. The highest BCUT2D eigenvalue weighted by Crippen LogP contribution is 2.40. The molecule has 0 aliphatic carbocycles. The zero-order valence-corrected chi connectivity index (χ0v) is 16.8. The number of ether oxygens (including phenoxy) is 1. The van der Waals surface area contributed by atoms with E-state index in [0.717, 1.165) is 16.0 Å². The molecule has 0 saturated carbocycles. The number of halogens is 6. The van der Waals surface area contributed by atoms with Gasteiger partial charge in [-0.25, -0.2) is 0 Å². The van der Waals surface area contributed by atoms with Gasteiger partial charge in [-0.3, -0.25) is 14.2 Å². The number of aliphatic carboxylic acids is 1. The van der Waals surface area contributed by atoms with Crippen LogP contribution in [0.2, 0.25) is 5.02 Å². The second-order valence-corrected chi connectivity index (χ2v) is 7.65. The van der Waals surface area contributed by atoms with E-state index in [-0.39, 0.29) is 38.5 Å². The Kier molecular flexibility index (Phi) is 5.65. The minimum atomic E-state index is -5.95. The summed E-state index contributed by atoms with van der Waals surface area (Å²) in [4.78, 5) is 24.2. The van der Waals surface area contributed by atoms with Crippen LogP contribution in [-0.4, -0.2) is 38.9 Å². The van der Waals surface area contributed by atoms with Crippen LogP contribution in [-0.2, 0) is 11.2 Å². The topological polar surface area (TPSA) is 88.8 Å². The normalized spacial score (nSPS) is 12.4. The molecule has 3 rings (SSSR count). The fourth-order valence-electron chi connectivity index (χ4n) is 2.92. The maximum atomic E-state index is 13.1. The van der Waals surface area contributed by atoms with Gasteiger partial charge in [-0.2, -0.15) is 22.0 Å². The molecule has 1 aromatic carbocycles. The molecule has 0 spiro atoms. The number of hydrogen-bond acceptors (Lipinski definition) is 5. The van der Waals surface area contributed by atoms with Crippen LogP contribution in [0.4, 0.5) is 22.0 Å². The van der Waals surface area contributed by atoms with E-state index in [2.05, 4.69) is 4.74 Å². The molecule has 0 unspecified atom stereocenters. The maximum absolute atomic E-state index is 13.1. The molecule has 0 atom stereocenters. The minimum Gasteiger partial charge on any atom is -0.506 e. The lowest BCUT2D eigenvalue weighted by Gasteiger charge is -2.18. The third-order valence-corrected chi connectivity index (χ3v) is 5.42. The van der Waals surface area contributed by atoms with Gasteiger partial charge in [-0.05, 0) is 24.6 Å². The average Bonchev–Trinajstić information content (AvgIpc) is 3.18. The number of aromatic nitrogens is 1. The van der Waals surface area contributed by atoms with Crippen molar-refractivity contribution in [2.24, 2.45) is 0 Å². The van der Waals surface area contributed by atoms with Crippen LogP contribution in [0.3, 0.4) is 0 Å². The highest BCUT2D eigenvalue weighted by Gasteiger charge is 2.61. The Balaban J connectivity index is 2.08. The molecular formula is C18H11ClF5NO5S. The highest BCUT2D eigenvalue weighted by atomic mass is 35.5. The van der Waals surface area contributed by atoms with Crippen molar-refractivity contribution in [1.82, 2.24) is 4.57 Å². The Morgan fingerprint density at radius 1 is 1.19 bits per heavy atom. The fraction of sp³-hybridized carbons (Fsp3) is 0.222. The van der Waals surface area contributed by atoms with Gasteiger partial charge in [-0.15, -0.1) is 11.3 Å². The van der Waals surface area contributed by atoms with Crippen LogP contribution >= 0.6 is 22.9 Å². The summed E-state index contributed by atoms with van der Waals surface area (Å²) in [6, 6.07) is 3.11. The zero-order chi connectivity index (χ0) is 23.3. The molecule has 3 aromatic rings. The number of fused-ring (bicyclic) bond motifs is 1. The van der Waals surface area contributed by atoms with E-state index in [1.807, 2.05) is 0 Å². The molecule has 2 heterocycles. The van der Waals surface area contributed by atoms with Crippen molar-refractivity contribution in [1.29, 1.82) is 0 Å². The van der Waals surface area contributed by atoms with Crippen LogP contribution in [0.25, 0.3) is 10.9 Å². The number of rotatable bonds is 5. The summed E-state index contributed by atoms with van der Waals surface area (Å²) in [7, 11) is 0. The zero-order valence-electron chi connectivity index (χ0n) is 15.3. The number of carbonyl (C=O) groups is 2. The first-order valence-corrected chi connectivity index (χ1v) is 9.49. The molecule has 0 aliphatic heterocycles. The molecule has 166 valence electrons. The average molecular weight is 484 g/mol. The third-order valence-electron chi connectivity index (χ3n) is 4.32. The van der Waals surface area contributed by atoms with E-state index in [0.29, 0.717) is 11.3 Å². The summed E-state index contributed by atoms with van der Waals surface area (Å²) in [5.74, 6) is -2.42. The molecule has 2 aromatic heterocycles. The first kappa shape index (κ1) is 22.8. The molecule has 0 saturated heterocycles. The Labute approximate surface area is 179 Å². The first-order valence-electron chi connectivity index (χ1n) is 8.24. The van der Waals surface area contributed by atoms with Crippen molar-refractivity contribution < 1.29 is 46.5 Å². The SMILES string of the molecule is Cc1c(CC(=O)O)c2cc(O)c(Cl)cc2n1C(=O)c1csc(OC(F)(F)C(F)(F)F)c1. The molecule has 6 nitrogen and oxygen atoms in total. The van der Waals surface area contributed by atoms with Gasteiger partial charge in [0, 0.05) is 22.5 Å². The molecule has 0 bridgehead atoms. The quantitative estimate of drug-likeness (QED) is 0.486. The number of aromatic hydroxyl groups is 1. The Morgan fingerprint density at radius 2 is 1.84 bits per heavy atom. The number of carbonyl (C=O) groups excluding carboxylic acids is 1. The predicted molar refractivity (Wildman–Crippen MR) is 100 cm³/mol. The number of hydrogen-bond donors (Lipinski definition) is 2. The van der Waals surface area contributed by atoms with E-state index in [4.69, 9.17) is 16.7 Å².